The van der Waals surface area contributed by atoms with Gasteiger partial charge in [0, 0.05) is 25.3 Å². The number of fused-ring (bicyclic) bond motifs is 1. The SMILES string of the molecule is CC(N)Cc1cc2c(cc1OCC1CCOCC1)OCO2. The van der Waals surface area contributed by atoms with E-state index in [2.05, 4.69) is 0 Å². The van der Waals surface area contributed by atoms with Gasteiger partial charge in [-0.15, -0.1) is 0 Å². The van der Waals surface area contributed by atoms with E-state index in [4.69, 9.17) is 24.7 Å². The van der Waals surface area contributed by atoms with E-state index in [-0.39, 0.29) is 12.8 Å². The van der Waals surface area contributed by atoms with Crippen LogP contribution in [-0.2, 0) is 11.2 Å². The van der Waals surface area contributed by atoms with Gasteiger partial charge in [-0.25, -0.2) is 0 Å². The van der Waals surface area contributed by atoms with Crippen molar-refractivity contribution in [2.24, 2.45) is 11.7 Å². The largest absolute Gasteiger partial charge is 0.493 e. The van der Waals surface area contributed by atoms with Crippen molar-refractivity contribution in [1.29, 1.82) is 0 Å². The third kappa shape index (κ3) is 3.60. The maximum absolute atomic E-state index is 6.06. The van der Waals surface area contributed by atoms with E-state index in [1.807, 2.05) is 19.1 Å². The highest BCUT2D eigenvalue weighted by molar-refractivity contribution is 5.52. The van der Waals surface area contributed by atoms with E-state index in [9.17, 15) is 0 Å². The van der Waals surface area contributed by atoms with E-state index in [0.29, 0.717) is 5.92 Å². The minimum absolute atomic E-state index is 0.0794. The van der Waals surface area contributed by atoms with Gasteiger partial charge in [0.1, 0.15) is 5.75 Å². The molecule has 1 atom stereocenters. The molecule has 0 aliphatic carbocycles. The van der Waals surface area contributed by atoms with Gasteiger partial charge in [0.25, 0.3) is 0 Å². The van der Waals surface area contributed by atoms with Gasteiger partial charge >= 0.3 is 0 Å². The molecule has 1 aromatic rings. The lowest BCUT2D eigenvalue weighted by atomic mass is 10.0. The fourth-order valence-electron chi connectivity index (χ4n) is 2.73. The molecule has 2 N–H and O–H groups in total. The Morgan fingerprint density at radius 1 is 1.24 bits per heavy atom. The molecule has 1 aromatic carbocycles. The van der Waals surface area contributed by atoms with Gasteiger partial charge in [0.2, 0.25) is 6.79 Å². The highest BCUT2D eigenvalue weighted by Crippen LogP contribution is 2.38. The number of benzene rings is 1. The first kappa shape index (κ1) is 14.5. The van der Waals surface area contributed by atoms with Crippen LogP contribution in [0.3, 0.4) is 0 Å². The minimum Gasteiger partial charge on any atom is -0.493 e. The molecular weight excluding hydrogens is 270 g/mol. The first-order valence-corrected chi connectivity index (χ1v) is 7.61. The Morgan fingerprint density at radius 3 is 2.67 bits per heavy atom. The third-order valence-corrected chi connectivity index (χ3v) is 3.91. The minimum atomic E-state index is 0.0794. The second-order valence-corrected chi connectivity index (χ2v) is 5.86. The standard InChI is InChI=1S/C16H23NO4/c1-11(17)6-13-7-15-16(21-10-20-15)8-14(13)19-9-12-2-4-18-5-3-12/h7-8,11-12H,2-6,9-10,17H2,1H3. The highest BCUT2D eigenvalue weighted by atomic mass is 16.7. The zero-order chi connectivity index (χ0) is 14.7. The van der Waals surface area contributed by atoms with Crippen LogP contribution in [0, 0.1) is 5.92 Å². The molecule has 0 bridgehead atoms. The summed E-state index contributed by atoms with van der Waals surface area (Å²) in [6.45, 7) is 4.65. The lowest BCUT2D eigenvalue weighted by molar-refractivity contribution is 0.0496. The normalized spacial score (nSPS) is 19.5. The van der Waals surface area contributed by atoms with E-state index >= 15 is 0 Å². The Morgan fingerprint density at radius 2 is 1.95 bits per heavy atom. The summed E-state index contributed by atoms with van der Waals surface area (Å²) in [6.07, 6.45) is 2.89. The van der Waals surface area contributed by atoms with Crippen LogP contribution in [-0.4, -0.2) is 32.7 Å². The molecular formula is C16H23NO4. The Labute approximate surface area is 125 Å². The summed E-state index contributed by atoms with van der Waals surface area (Å²) in [7, 11) is 0. The molecule has 0 amide bonds. The van der Waals surface area contributed by atoms with Gasteiger partial charge in [0.15, 0.2) is 11.5 Å². The van der Waals surface area contributed by atoms with Crippen molar-refractivity contribution in [3.05, 3.63) is 17.7 Å². The second-order valence-electron chi connectivity index (χ2n) is 5.86. The van der Waals surface area contributed by atoms with Crippen molar-refractivity contribution in [3.63, 3.8) is 0 Å². The van der Waals surface area contributed by atoms with Crippen molar-refractivity contribution in [3.8, 4) is 17.2 Å². The molecule has 116 valence electrons. The molecule has 5 heteroatoms. The summed E-state index contributed by atoms with van der Waals surface area (Å²) in [6, 6.07) is 4.00. The predicted molar refractivity (Wildman–Crippen MR) is 79.0 cm³/mol. The molecule has 0 saturated carbocycles. The molecule has 21 heavy (non-hydrogen) atoms. The summed E-state index contributed by atoms with van der Waals surface area (Å²) >= 11 is 0. The van der Waals surface area contributed by atoms with Gasteiger partial charge in [-0.2, -0.15) is 0 Å². The lowest BCUT2D eigenvalue weighted by Crippen LogP contribution is -2.22. The maximum atomic E-state index is 6.06. The molecule has 0 spiro atoms. The van der Waals surface area contributed by atoms with Gasteiger partial charge in [-0.3, -0.25) is 0 Å². The van der Waals surface area contributed by atoms with Crippen LogP contribution in [0.25, 0.3) is 0 Å². The van der Waals surface area contributed by atoms with Gasteiger partial charge in [-0.05, 0) is 43.7 Å². The van der Waals surface area contributed by atoms with Crippen LogP contribution in [0.4, 0.5) is 0 Å². The molecule has 0 aromatic heterocycles. The number of ether oxygens (including phenoxy) is 4. The molecule has 1 fully saturated rings. The van der Waals surface area contributed by atoms with E-state index < -0.39 is 0 Å². The molecule has 2 heterocycles. The smallest absolute Gasteiger partial charge is 0.231 e. The zero-order valence-corrected chi connectivity index (χ0v) is 12.5. The Hall–Kier alpha value is -1.46. The number of hydrogen-bond acceptors (Lipinski definition) is 5. The van der Waals surface area contributed by atoms with Gasteiger partial charge in [0.05, 0.1) is 6.61 Å². The third-order valence-electron chi connectivity index (χ3n) is 3.91. The van der Waals surface area contributed by atoms with E-state index in [1.165, 1.54) is 0 Å². The molecule has 1 unspecified atom stereocenters. The quantitative estimate of drug-likeness (QED) is 0.901. The van der Waals surface area contributed by atoms with Crippen LogP contribution in [0.2, 0.25) is 0 Å². The average molecular weight is 293 g/mol. The van der Waals surface area contributed by atoms with Crippen molar-refractivity contribution in [2.75, 3.05) is 26.6 Å². The highest BCUT2D eigenvalue weighted by Gasteiger charge is 2.20. The molecule has 0 radical (unpaired) electrons. The van der Waals surface area contributed by atoms with Crippen LogP contribution >= 0.6 is 0 Å². The van der Waals surface area contributed by atoms with Crippen molar-refractivity contribution >= 4 is 0 Å². The molecule has 5 nitrogen and oxygen atoms in total. The number of rotatable bonds is 5. The first-order chi connectivity index (χ1) is 10.2. The monoisotopic (exact) mass is 293 g/mol. The van der Waals surface area contributed by atoms with Crippen LogP contribution in [0.15, 0.2) is 12.1 Å². The molecule has 2 aliphatic rings. The summed E-state index contributed by atoms with van der Waals surface area (Å²) in [5, 5.41) is 0. The Bertz CT molecular complexity index is 483. The summed E-state index contributed by atoms with van der Waals surface area (Å²) in [5.74, 6) is 2.96. The first-order valence-electron chi connectivity index (χ1n) is 7.61. The average Bonchev–Trinajstić information content (AvgIpc) is 2.92. The van der Waals surface area contributed by atoms with Crippen molar-refractivity contribution in [1.82, 2.24) is 0 Å². The topological polar surface area (TPSA) is 62.9 Å². The predicted octanol–water partition coefficient (Wildman–Crippen LogP) is 2.11. The molecule has 1 saturated heterocycles. The fraction of sp³-hybridized carbons (Fsp3) is 0.625. The van der Waals surface area contributed by atoms with Crippen molar-refractivity contribution in [2.45, 2.75) is 32.2 Å². The maximum Gasteiger partial charge on any atom is 0.231 e. The lowest BCUT2D eigenvalue weighted by Gasteiger charge is -2.23. The fourth-order valence-corrected chi connectivity index (χ4v) is 2.73. The van der Waals surface area contributed by atoms with E-state index in [0.717, 1.165) is 61.9 Å². The second kappa shape index (κ2) is 6.54. The van der Waals surface area contributed by atoms with Gasteiger partial charge in [-0.1, -0.05) is 0 Å². The van der Waals surface area contributed by atoms with E-state index in [1.54, 1.807) is 0 Å². The van der Waals surface area contributed by atoms with Crippen LogP contribution < -0.4 is 19.9 Å². The van der Waals surface area contributed by atoms with Crippen LogP contribution in [0.5, 0.6) is 17.2 Å². The Kier molecular flexibility index (Phi) is 4.51. The molecule has 2 aliphatic heterocycles. The van der Waals surface area contributed by atoms with Crippen molar-refractivity contribution < 1.29 is 18.9 Å². The van der Waals surface area contributed by atoms with Crippen LogP contribution in [0.1, 0.15) is 25.3 Å². The molecule has 3 rings (SSSR count). The zero-order valence-electron chi connectivity index (χ0n) is 12.5. The summed E-state index contributed by atoms with van der Waals surface area (Å²) in [5.41, 5.74) is 7.02. The number of hydrogen-bond donors (Lipinski definition) is 1. The summed E-state index contributed by atoms with van der Waals surface area (Å²) < 4.78 is 22.3. The number of nitrogens with two attached hydrogens (primary N) is 1. The Balaban J connectivity index is 1.72. The van der Waals surface area contributed by atoms with Gasteiger partial charge < -0.3 is 24.7 Å². The summed E-state index contributed by atoms with van der Waals surface area (Å²) in [4.78, 5) is 0.